The average Bonchev–Trinajstić information content (AvgIpc) is 3.10. The number of rotatable bonds is 5. The molecule has 0 saturated carbocycles. The molecule has 24 heavy (non-hydrogen) atoms. The van der Waals surface area contributed by atoms with Crippen LogP contribution in [0.3, 0.4) is 0 Å². The van der Waals surface area contributed by atoms with E-state index in [1.54, 1.807) is 5.38 Å². The van der Waals surface area contributed by atoms with E-state index in [4.69, 9.17) is 10.5 Å². The normalized spacial score (nSPS) is 15.1. The van der Waals surface area contributed by atoms with E-state index in [9.17, 15) is 4.79 Å². The van der Waals surface area contributed by atoms with Gasteiger partial charge in [0.2, 0.25) is 0 Å². The van der Waals surface area contributed by atoms with Crippen LogP contribution >= 0.6 is 23.7 Å². The molecule has 1 aromatic carbocycles. The number of amides is 1. The van der Waals surface area contributed by atoms with Crippen molar-refractivity contribution in [2.75, 3.05) is 13.1 Å². The molecule has 1 aliphatic rings. The minimum absolute atomic E-state index is 0. The molecule has 2 heterocycles. The number of benzene rings is 1. The number of likely N-dealkylation sites (tertiary alicyclic amines) is 1. The van der Waals surface area contributed by atoms with Crippen LogP contribution in [0.1, 0.15) is 33.9 Å². The molecule has 2 N–H and O–H groups in total. The van der Waals surface area contributed by atoms with Crippen LogP contribution in [0.25, 0.3) is 0 Å². The van der Waals surface area contributed by atoms with Crippen molar-refractivity contribution >= 4 is 29.7 Å². The predicted octanol–water partition coefficient (Wildman–Crippen LogP) is 2.85. The van der Waals surface area contributed by atoms with Gasteiger partial charge in [0.1, 0.15) is 10.7 Å². The van der Waals surface area contributed by atoms with Gasteiger partial charge in [-0.15, -0.1) is 23.7 Å². The van der Waals surface area contributed by atoms with E-state index >= 15 is 0 Å². The summed E-state index contributed by atoms with van der Waals surface area (Å²) >= 11 is 1.44. The van der Waals surface area contributed by atoms with E-state index < -0.39 is 0 Å². The Morgan fingerprint density at radius 3 is 2.62 bits per heavy atom. The van der Waals surface area contributed by atoms with Gasteiger partial charge in [0.25, 0.3) is 5.91 Å². The van der Waals surface area contributed by atoms with Crippen LogP contribution in [0.2, 0.25) is 0 Å². The minimum atomic E-state index is 0. The van der Waals surface area contributed by atoms with Crippen molar-refractivity contribution in [2.24, 2.45) is 5.73 Å². The molecule has 1 saturated heterocycles. The number of carbonyl (C=O) groups excluding carboxylic acids is 1. The lowest BCUT2D eigenvalue weighted by Gasteiger charge is -2.31. The van der Waals surface area contributed by atoms with Crippen molar-refractivity contribution in [1.29, 1.82) is 0 Å². The minimum Gasteiger partial charge on any atom is -0.373 e. The first kappa shape index (κ1) is 18.9. The van der Waals surface area contributed by atoms with Crippen molar-refractivity contribution in [2.45, 2.75) is 32.1 Å². The largest absolute Gasteiger partial charge is 0.373 e. The molecule has 3 rings (SSSR count). The fourth-order valence-corrected chi connectivity index (χ4v) is 3.33. The number of nitrogens with two attached hydrogens (primary N) is 1. The number of aromatic nitrogens is 1. The van der Waals surface area contributed by atoms with Gasteiger partial charge in [-0.1, -0.05) is 30.3 Å². The van der Waals surface area contributed by atoms with Gasteiger partial charge in [0, 0.05) is 25.0 Å². The number of ether oxygens (including phenoxy) is 1. The molecule has 0 radical (unpaired) electrons. The van der Waals surface area contributed by atoms with Crippen LogP contribution in [-0.4, -0.2) is 35.0 Å². The Morgan fingerprint density at radius 1 is 1.29 bits per heavy atom. The van der Waals surface area contributed by atoms with Crippen molar-refractivity contribution in [3.63, 3.8) is 0 Å². The summed E-state index contributed by atoms with van der Waals surface area (Å²) in [4.78, 5) is 18.5. The Labute approximate surface area is 152 Å². The number of hydrogen-bond donors (Lipinski definition) is 1. The molecule has 1 fully saturated rings. The van der Waals surface area contributed by atoms with E-state index in [0.717, 1.165) is 17.8 Å². The highest BCUT2D eigenvalue weighted by molar-refractivity contribution is 7.09. The maximum atomic E-state index is 12.4. The monoisotopic (exact) mass is 367 g/mol. The Bertz CT molecular complexity index is 642. The molecular formula is C17H22ClN3O2S. The van der Waals surface area contributed by atoms with Crippen LogP contribution in [0, 0.1) is 0 Å². The highest BCUT2D eigenvalue weighted by atomic mass is 35.5. The predicted molar refractivity (Wildman–Crippen MR) is 97.4 cm³/mol. The molecule has 0 aliphatic carbocycles. The quantitative estimate of drug-likeness (QED) is 0.882. The Hall–Kier alpha value is -1.47. The lowest BCUT2D eigenvalue weighted by atomic mass is 10.1. The lowest BCUT2D eigenvalue weighted by Crippen LogP contribution is -2.41. The molecule has 1 aliphatic heterocycles. The average molecular weight is 368 g/mol. The maximum Gasteiger partial charge on any atom is 0.273 e. The molecule has 130 valence electrons. The topological polar surface area (TPSA) is 68.5 Å². The molecule has 5 nitrogen and oxygen atoms in total. The number of nitrogens with zero attached hydrogens (tertiary/aromatic N) is 2. The zero-order valence-electron chi connectivity index (χ0n) is 13.4. The van der Waals surface area contributed by atoms with E-state index in [2.05, 4.69) is 17.1 Å². The molecule has 2 aromatic rings. The summed E-state index contributed by atoms with van der Waals surface area (Å²) in [5, 5.41) is 2.59. The Morgan fingerprint density at radius 2 is 2.00 bits per heavy atom. The summed E-state index contributed by atoms with van der Waals surface area (Å²) in [6.45, 7) is 2.44. The highest BCUT2D eigenvalue weighted by Crippen LogP contribution is 2.18. The van der Waals surface area contributed by atoms with Crippen LogP contribution in [0.5, 0.6) is 0 Å². The molecular weight excluding hydrogens is 346 g/mol. The second kappa shape index (κ2) is 9.13. The van der Waals surface area contributed by atoms with Gasteiger partial charge in [-0.05, 0) is 18.4 Å². The first-order valence-electron chi connectivity index (χ1n) is 7.85. The van der Waals surface area contributed by atoms with Gasteiger partial charge in [-0.3, -0.25) is 4.79 Å². The van der Waals surface area contributed by atoms with Crippen molar-refractivity contribution in [1.82, 2.24) is 9.88 Å². The van der Waals surface area contributed by atoms with Gasteiger partial charge in [0.05, 0.1) is 12.7 Å². The summed E-state index contributed by atoms with van der Waals surface area (Å²) in [7, 11) is 0. The fraction of sp³-hybridized carbons (Fsp3) is 0.412. The first-order chi connectivity index (χ1) is 11.3. The van der Waals surface area contributed by atoms with E-state index in [1.807, 2.05) is 23.1 Å². The standard InChI is InChI=1S/C17H21N3O2S.ClH/c18-10-16-19-15(12-23-16)17(21)20-8-6-14(7-9-20)22-11-13-4-2-1-3-5-13;/h1-5,12,14H,6-11,18H2;1H. The Kier molecular flexibility index (Phi) is 7.17. The number of halogens is 1. The van der Waals surface area contributed by atoms with Crippen LogP contribution in [0.15, 0.2) is 35.7 Å². The zero-order chi connectivity index (χ0) is 16.1. The SMILES string of the molecule is Cl.NCc1nc(C(=O)N2CCC(OCc3ccccc3)CC2)cs1. The van der Waals surface area contributed by atoms with Gasteiger partial charge in [0.15, 0.2) is 0 Å². The molecule has 0 unspecified atom stereocenters. The van der Waals surface area contributed by atoms with Gasteiger partial charge >= 0.3 is 0 Å². The Balaban J connectivity index is 0.00000208. The first-order valence-corrected chi connectivity index (χ1v) is 8.73. The molecule has 0 spiro atoms. The number of piperidine rings is 1. The third-order valence-corrected chi connectivity index (χ3v) is 4.87. The van der Waals surface area contributed by atoms with Gasteiger partial charge in [-0.2, -0.15) is 0 Å². The molecule has 1 amide bonds. The lowest BCUT2D eigenvalue weighted by molar-refractivity contribution is -0.000495. The van der Waals surface area contributed by atoms with Crippen LogP contribution in [-0.2, 0) is 17.9 Å². The summed E-state index contributed by atoms with van der Waals surface area (Å²) in [6.07, 6.45) is 1.95. The number of thiazole rings is 1. The van der Waals surface area contributed by atoms with Crippen molar-refractivity contribution in [3.05, 3.63) is 52.0 Å². The summed E-state index contributed by atoms with van der Waals surface area (Å²) in [5.74, 6) is 0.00228. The maximum absolute atomic E-state index is 12.4. The van der Waals surface area contributed by atoms with Crippen molar-refractivity contribution in [3.8, 4) is 0 Å². The molecule has 0 atom stereocenters. The fourth-order valence-electron chi connectivity index (χ4n) is 2.68. The van der Waals surface area contributed by atoms with E-state index in [1.165, 1.54) is 16.9 Å². The summed E-state index contributed by atoms with van der Waals surface area (Å²) < 4.78 is 5.96. The number of carbonyl (C=O) groups is 1. The van der Waals surface area contributed by atoms with Crippen LogP contribution in [0.4, 0.5) is 0 Å². The second-order valence-corrected chi connectivity index (χ2v) is 6.56. The number of hydrogen-bond acceptors (Lipinski definition) is 5. The smallest absolute Gasteiger partial charge is 0.273 e. The third kappa shape index (κ3) is 4.77. The van der Waals surface area contributed by atoms with Crippen molar-refractivity contribution < 1.29 is 9.53 Å². The summed E-state index contributed by atoms with van der Waals surface area (Å²) in [5.41, 5.74) is 7.24. The molecule has 1 aromatic heterocycles. The molecule has 7 heteroatoms. The van der Waals surface area contributed by atoms with Gasteiger partial charge < -0.3 is 15.4 Å². The van der Waals surface area contributed by atoms with E-state index in [0.29, 0.717) is 31.9 Å². The van der Waals surface area contributed by atoms with Gasteiger partial charge in [-0.25, -0.2) is 4.98 Å². The zero-order valence-corrected chi connectivity index (χ0v) is 15.0. The molecule has 0 bridgehead atoms. The highest BCUT2D eigenvalue weighted by Gasteiger charge is 2.25. The second-order valence-electron chi connectivity index (χ2n) is 5.62. The third-order valence-electron chi connectivity index (χ3n) is 4.00. The van der Waals surface area contributed by atoms with E-state index in [-0.39, 0.29) is 24.4 Å². The summed E-state index contributed by atoms with van der Waals surface area (Å²) in [6, 6.07) is 10.2. The van der Waals surface area contributed by atoms with Crippen LogP contribution < -0.4 is 5.73 Å².